The molecular formula is C55H35N3O. The summed E-state index contributed by atoms with van der Waals surface area (Å²) >= 11 is 0. The minimum atomic E-state index is 0.575. The number of benzene rings is 9. The van der Waals surface area contributed by atoms with Crippen LogP contribution in [0.4, 0.5) is 0 Å². The van der Waals surface area contributed by atoms with E-state index in [1.54, 1.807) is 0 Å². The Labute approximate surface area is 341 Å². The maximum atomic E-state index is 6.60. The highest BCUT2D eigenvalue weighted by Gasteiger charge is 2.18. The van der Waals surface area contributed by atoms with Crippen molar-refractivity contribution in [1.29, 1.82) is 0 Å². The second-order valence-corrected chi connectivity index (χ2v) is 14.8. The highest BCUT2D eigenvalue weighted by Crippen LogP contribution is 2.39. The summed E-state index contributed by atoms with van der Waals surface area (Å²) in [4.78, 5) is 15.4. The minimum absolute atomic E-state index is 0.575. The molecule has 276 valence electrons. The van der Waals surface area contributed by atoms with Gasteiger partial charge < -0.3 is 4.42 Å². The normalized spacial score (nSPS) is 11.4. The first-order valence-electron chi connectivity index (χ1n) is 19.8. The summed E-state index contributed by atoms with van der Waals surface area (Å²) in [6.45, 7) is 0. The predicted octanol–water partition coefficient (Wildman–Crippen LogP) is 14.6. The lowest BCUT2D eigenvalue weighted by Crippen LogP contribution is -2.00. The molecular weight excluding hydrogens is 719 g/mol. The van der Waals surface area contributed by atoms with Gasteiger partial charge in [-0.25, -0.2) is 15.0 Å². The molecule has 0 unspecified atom stereocenters. The summed E-state index contributed by atoms with van der Waals surface area (Å²) in [7, 11) is 0. The van der Waals surface area contributed by atoms with E-state index >= 15 is 0 Å². The van der Waals surface area contributed by atoms with Crippen molar-refractivity contribution in [3.63, 3.8) is 0 Å². The molecule has 9 aromatic carbocycles. The molecule has 0 bridgehead atoms. The summed E-state index contributed by atoms with van der Waals surface area (Å²) in [6.07, 6.45) is 0. The van der Waals surface area contributed by atoms with E-state index < -0.39 is 0 Å². The lowest BCUT2D eigenvalue weighted by atomic mass is 9.96. The summed E-state index contributed by atoms with van der Waals surface area (Å²) in [6, 6.07) is 74.1. The van der Waals surface area contributed by atoms with Crippen LogP contribution in [0, 0.1) is 0 Å². The Kier molecular flexibility index (Phi) is 8.45. The Morgan fingerprint density at radius 3 is 1.49 bits per heavy atom. The van der Waals surface area contributed by atoms with Crippen molar-refractivity contribution >= 4 is 32.7 Å². The van der Waals surface area contributed by atoms with Gasteiger partial charge in [-0.1, -0.05) is 176 Å². The SMILES string of the molecule is c1ccc(-c2ccc(-c3nc(-c4cccc(-c5ccc6ccccc6c5)c4)nc(-c4ccc5c(c4)oc4cccc(-c6cccc(-c7ccccc7)c6)c45)n3)cc2)cc1. The molecule has 0 aliphatic heterocycles. The number of hydrogen-bond donors (Lipinski definition) is 0. The number of hydrogen-bond acceptors (Lipinski definition) is 4. The average molecular weight is 754 g/mol. The molecule has 0 aliphatic carbocycles. The Bertz CT molecular complexity index is 3320. The van der Waals surface area contributed by atoms with Crippen LogP contribution in [0.3, 0.4) is 0 Å². The van der Waals surface area contributed by atoms with Gasteiger partial charge in [0.2, 0.25) is 0 Å². The van der Waals surface area contributed by atoms with Crippen LogP contribution in [-0.2, 0) is 0 Å². The summed E-state index contributed by atoms with van der Waals surface area (Å²) in [5, 5.41) is 4.54. The molecule has 0 spiro atoms. The third-order valence-corrected chi connectivity index (χ3v) is 11.1. The Balaban J connectivity index is 1.03. The van der Waals surface area contributed by atoms with E-state index in [0.29, 0.717) is 17.5 Å². The Hall–Kier alpha value is -7.95. The monoisotopic (exact) mass is 753 g/mol. The molecule has 0 aliphatic rings. The van der Waals surface area contributed by atoms with Crippen molar-refractivity contribution in [2.24, 2.45) is 0 Å². The van der Waals surface area contributed by atoms with E-state index in [-0.39, 0.29) is 0 Å². The van der Waals surface area contributed by atoms with Gasteiger partial charge in [0.25, 0.3) is 0 Å². The quantitative estimate of drug-likeness (QED) is 0.163. The second-order valence-electron chi connectivity index (χ2n) is 14.8. The summed E-state index contributed by atoms with van der Waals surface area (Å²) in [5.74, 6) is 1.78. The van der Waals surface area contributed by atoms with Crippen molar-refractivity contribution in [3.05, 3.63) is 212 Å². The van der Waals surface area contributed by atoms with E-state index in [0.717, 1.165) is 72.0 Å². The van der Waals surface area contributed by atoms with E-state index in [9.17, 15) is 0 Å². The molecule has 0 amide bonds. The van der Waals surface area contributed by atoms with Gasteiger partial charge in [0, 0.05) is 27.5 Å². The number of nitrogens with zero attached hydrogens (tertiary/aromatic N) is 3. The zero-order chi connectivity index (χ0) is 39.1. The summed E-state index contributed by atoms with van der Waals surface area (Å²) < 4.78 is 6.60. The lowest BCUT2D eigenvalue weighted by molar-refractivity contribution is 0.669. The van der Waals surface area contributed by atoms with Crippen LogP contribution in [-0.4, -0.2) is 15.0 Å². The fourth-order valence-electron chi connectivity index (χ4n) is 8.11. The van der Waals surface area contributed by atoms with Gasteiger partial charge >= 0.3 is 0 Å². The highest BCUT2D eigenvalue weighted by atomic mass is 16.3. The standard InChI is InChI=1S/C55H35N3O/c1-3-12-36(13-4-1)39-24-27-40(28-25-39)53-56-54(46-21-10-19-43(34-46)44-29-26-38-16-7-8-17-41(38)32-44)58-55(57-53)47-30-31-49-51(35-47)59-50-23-11-22-48(52(49)50)45-20-9-18-42(33-45)37-14-5-2-6-15-37/h1-35H. The van der Waals surface area contributed by atoms with E-state index in [1.807, 2.05) is 18.2 Å². The lowest BCUT2D eigenvalue weighted by Gasteiger charge is -2.11. The van der Waals surface area contributed by atoms with Gasteiger partial charge in [-0.3, -0.25) is 0 Å². The van der Waals surface area contributed by atoms with E-state index in [4.69, 9.17) is 19.4 Å². The smallest absolute Gasteiger partial charge is 0.164 e. The number of furan rings is 1. The molecule has 4 heteroatoms. The van der Waals surface area contributed by atoms with Gasteiger partial charge in [-0.05, 0) is 91.7 Å². The van der Waals surface area contributed by atoms with Crippen molar-refractivity contribution < 1.29 is 4.42 Å². The molecule has 11 rings (SSSR count). The van der Waals surface area contributed by atoms with Crippen LogP contribution < -0.4 is 0 Å². The van der Waals surface area contributed by atoms with E-state index in [1.165, 1.54) is 21.9 Å². The largest absolute Gasteiger partial charge is 0.456 e. The first kappa shape index (κ1) is 34.3. The van der Waals surface area contributed by atoms with Gasteiger partial charge in [0.15, 0.2) is 17.5 Å². The van der Waals surface area contributed by atoms with Crippen LogP contribution in [0.25, 0.3) is 111 Å². The number of fused-ring (bicyclic) bond motifs is 4. The maximum Gasteiger partial charge on any atom is 0.164 e. The molecule has 0 saturated carbocycles. The predicted molar refractivity (Wildman–Crippen MR) is 243 cm³/mol. The van der Waals surface area contributed by atoms with Crippen LogP contribution in [0.5, 0.6) is 0 Å². The van der Waals surface area contributed by atoms with Crippen molar-refractivity contribution in [1.82, 2.24) is 15.0 Å². The van der Waals surface area contributed by atoms with Crippen molar-refractivity contribution in [2.45, 2.75) is 0 Å². The Morgan fingerprint density at radius 1 is 0.271 bits per heavy atom. The third kappa shape index (κ3) is 6.53. The van der Waals surface area contributed by atoms with Gasteiger partial charge in [0.1, 0.15) is 11.2 Å². The molecule has 11 aromatic rings. The van der Waals surface area contributed by atoms with Gasteiger partial charge in [0.05, 0.1) is 0 Å². The molecule has 2 aromatic heterocycles. The third-order valence-electron chi connectivity index (χ3n) is 11.1. The molecule has 2 heterocycles. The van der Waals surface area contributed by atoms with Crippen LogP contribution in [0.2, 0.25) is 0 Å². The molecule has 0 atom stereocenters. The minimum Gasteiger partial charge on any atom is -0.456 e. The molecule has 0 radical (unpaired) electrons. The van der Waals surface area contributed by atoms with Crippen LogP contribution >= 0.6 is 0 Å². The Morgan fingerprint density at radius 2 is 0.746 bits per heavy atom. The first-order chi connectivity index (χ1) is 29.2. The molecule has 0 N–H and O–H groups in total. The number of rotatable bonds is 7. The van der Waals surface area contributed by atoms with Gasteiger partial charge in [-0.2, -0.15) is 0 Å². The van der Waals surface area contributed by atoms with Crippen molar-refractivity contribution in [2.75, 3.05) is 0 Å². The average Bonchev–Trinajstić information content (AvgIpc) is 3.70. The second kappa shape index (κ2) is 14.5. The zero-order valence-electron chi connectivity index (χ0n) is 32.0. The number of aromatic nitrogens is 3. The van der Waals surface area contributed by atoms with E-state index in [2.05, 4.69) is 194 Å². The zero-order valence-corrected chi connectivity index (χ0v) is 32.0. The molecule has 4 nitrogen and oxygen atoms in total. The van der Waals surface area contributed by atoms with Gasteiger partial charge in [-0.15, -0.1) is 0 Å². The van der Waals surface area contributed by atoms with Crippen molar-refractivity contribution in [3.8, 4) is 78.7 Å². The maximum absolute atomic E-state index is 6.60. The fraction of sp³-hybridized carbons (Fsp3) is 0. The topological polar surface area (TPSA) is 51.8 Å². The highest BCUT2D eigenvalue weighted by molar-refractivity contribution is 6.13. The molecule has 0 fully saturated rings. The summed E-state index contributed by atoms with van der Waals surface area (Å²) in [5.41, 5.74) is 13.4. The molecule has 59 heavy (non-hydrogen) atoms. The fourth-order valence-corrected chi connectivity index (χ4v) is 8.11. The first-order valence-corrected chi connectivity index (χ1v) is 19.8. The van der Waals surface area contributed by atoms with Crippen LogP contribution in [0.1, 0.15) is 0 Å². The van der Waals surface area contributed by atoms with Crippen LogP contribution in [0.15, 0.2) is 217 Å². The molecule has 0 saturated heterocycles.